The number of fused-ring (bicyclic) bond motifs is 1. The van der Waals surface area contributed by atoms with Crippen molar-refractivity contribution in [2.24, 2.45) is 10.9 Å². The third kappa shape index (κ3) is 6.13. The van der Waals surface area contributed by atoms with Crippen LogP contribution < -0.4 is 25.8 Å². The van der Waals surface area contributed by atoms with Crippen molar-refractivity contribution in [1.29, 1.82) is 5.41 Å². The number of nitrogens with two attached hydrogens (primary N) is 2. The lowest BCUT2D eigenvalue weighted by atomic mass is 10.0. The van der Waals surface area contributed by atoms with Crippen LogP contribution in [0.3, 0.4) is 0 Å². The highest BCUT2D eigenvalue weighted by Gasteiger charge is 2.25. The Morgan fingerprint density at radius 2 is 1.95 bits per heavy atom. The Kier molecular flexibility index (Phi) is 8.30. The number of ether oxygens (including phenoxy) is 2. The highest BCUT2D eigenvalue weighted by molar-refractivity contribution is 7.89. The number of nitrogens with zero attached hydrogens (tertiary/aromatic N) is 1. The Morgan fingerprint density at radius 3 is 2.68 bits per heavy atom. The first-order chi connectivity index (χ1) is 18.2. The van der Waals surface area contributed by atoms with Crippen LogP contribution in [0, 0.1) is 5.41 Å². The van der Waals surface area contributed by atoms with Crippen molar-refractivity contribution in [3.05, 3.63) is 71.8 Å². The SMILES string of the molecule is COCCNc1ccc(C(=N)N)cc1CCC(=O)N1CCOc2cc(-c3ccccc3S(N)(=O)=O)ccc21. The number of amidine groups is 1. The van der Waals surface area contributed by atoms with Crippen LogP contribution in [0.1, 0.15) is 17.5 Å². The van der Waals surface area contributed by atoms with Crippen molar-refractivity contribution in [2.45, 2.75) is 17.7 Å². The lowest BCUT2D eigenvalue weighted by Gasteiger charge is -2.30. The number of sulfonamides is 1. The van der Waals surface area contributed by atoms with Gasteiger partial charge in [-0.15, -0.1) is 0 Å². The van der Waals surface area contributed by atoms with Crippen LogP contribution >= 0.6 is 0 Å². The van der Waals surface area contributed by atoms with Gasteiger partial charge >= 0.3 is 0 Å². The van der Waals surface area contributed by atoms with E-state index in [1.807, 2.05) is 12.1 Å². The zero-order valence-corrected chi connectivity index (χ0v) is 21.9. The molecule has 10 nitrogen and oxygen atoms in total. The molecule has 1 aliphatic rings. The van der Waals surface area contributed by atoms with E-state index in [1.54, 1.807) is 54.5 Å². The molecule has 200 valence electrons. The average Bonchev–Trinajstić information content (AvgIpc) is 2.91. The third-order valence-corrected chi connectivity index (χ3v) is 7.24. The summed E-state index contributed by atoms with van der Waals surface area (Å²) in [6.07, 6.45) is 0.678. The highest BCUT2D eigenvalue weighted by Crippen LogP contribution is 2.37. The van der Waals surface area contributed by atoms with Gasteiger partial charge in [-0.3, -0.25) is 10.2 Å². The van der Waals surface area contributed by atoms with E-state index in [4.69, 9.17) is 25.8 Å². The van der Waals surface area contributed by atoms with Gasteiger partial charge in [-0.2, -0.15) is 0 Å². The van der Waals surface area contributed by atoms with Gasteiger partial charge in [0, 0.05) is 36.9 Å². The summed E-state index contributed by atoms with van der Waals surface area (Å²) in [5.41, 5.74) is 9.72. The van der Waals surface area contributed by atoms with Gasteiger partial charge in [-0.05, 0) is 53.9 Å². The predicted octanol–water partition coefficient (Wildman–Crippen LogP) is 2.70. The number of rotatable bonds is 10. The topological polar surface area (TPSA) is 161 Å². The number of nitrogens with one attached hydrogen (secondary N) is 2. The number of methoxy groups -OCH3 is 1. The zero-order chi connectivity index (χ0) is 27.3. The fourth-order valence-corrected chi connectivity index (χ4v) is 5.17. The van der Waals surface area contributed by atoms with Crippen molar-refractivity contribution >= 4 is 33.1 Å². The summed E-state index contributed by atoms with van der Waals surface area (Å²) in [4.78, 5) is 15.0. The Bertz CT molecular complexity index is 1460. The summed E-state index contributed by atoms with van der Waals surface area (Å²) < 4.78 is 35.1. The number of primary sulfonamides is 1. The summed E-state index contributed by atoms with van der Waals surface area (Å²) >= 11 is 0. The van der Waals surface area contributed by atoms with Crippen LogP contribution in [0.5, 0.6) is 5.75 Å². The first kappa shape index (κ1) is 27.1. The molecule has 0 spiro atoms. The summed E-state index contributed by atoms with van der Waals surface area (Å²) in [5.74, 6) is 0.373. The maximum Gasteiger partial charge on any atom is 0.238 e. The van der Waals surface area contributed by atoms with E-state index in [1.165, 1.54) is 6.07 Å². The summed E-state index contributed by atoms with van der Waals surface area (Å²) in [6.45, 7) is 1.83. The van der Waals surface area contributed by atoms with Crippen molar-refractivity contribution in [1.82, 2.24) is 0 Å². The molecule has 6 N–H and O–H groups in total. The van der Waals surface area contributed by atoms with Crippen LogP contribution in [0.15, 0.2) is 65.6 Å². The Hall–Kier alpha value is -3.93. The molecule has 0 atom stereocenters. The molecule has 4 rings (SSSR count). The largest absolute Gasteiger partial charge is 0.490 e. The van der Waals surface area contributed by atoms with Gasteiger partial charge in [0.25, 0.3) is 0 Å². The van der Waals surface area contributed by atoms with E-state index in [-0.39, 0.29) is 23.1 Å². The molecule has 0 radical (unpaired) electrons. The Balaban J connectivity index is 1.55. The molecule has 3 aromatic rings. The molecule has 11 heteroatoms. The molecule has 0 bridgehead atoms. The number of nitrogen functional groups attached to an aromatic ring is 1. The van der Waals surface area contributed by atoms with E-state index in [2.05, 4.69) is 5.32 Å². The smallest absolute Gasteiger partial charge is 0.238 e. The predicted molar refractivity (Wildman–Crippen MR) is 147 cm³/mol. The fourth-order valence-electron chi connectivity index (χ4n) is 4.40. The number of benzene rings is 3. The number of hydrogen-bond acceptors (Lipinski definition) is 7. The molecule has 38 heavy (non-hydrogen) atoms. The van der Waals surface area contributed by atoms with Crippen LogP contribution in [-0.4, -0.2) is 53.6 Å². The first-order valence-electron chi connectivity index (χ1n) is 12.1. The van der Waals surface area contributed by atoms with Gasteiger partial charge in [0.15, 0.2) is 0 Å². The van der Waals surface area contributed by atoms with E-state index in [0.29, 0.717) is 60.9 Å². The molecule has 0 saturated heterocycles. The number of hydrogen-bond donors (Lipinski definition) is 4. The molecule has 0 unspecified atom stereocenters. The fraction of sp³-hybridized carbons (Fsp3) is 0.259. The molecule has 1 heterocycles. The number of carbonyl (C=O) groups is 1. The highest BCUT2D eigenvalue weighted by atomic mass is 32.2. The lowest BCUT2D eigenvalue weighted by Crippen LogP contribution is -2.38. The van der Waals surface area contributed by atoms with Gasteiger partial charge in [0.05, 0.1) is 23.7 Å². The minimum atomic E-state index is -3.92. The van der Waals surface area contributed by atoms with E-state index >= 15 is 0 Å². The monoisotopic (exact) mass is 537 g/mol. The van der Waals surface area contributed by atoms with Crippen LogP contribution in [-0.2, 0) is 26.0 Å². The van der Waals surface area contributed by atoms with Gasteiger partial charge in [0.2, 0.25) is 15.9 Å². The van der Waals surface area contributed by atoms with E-state index < -0.39 is 10.0 Å². The number of carbonyl (C=O) groups excluding carboxylic acids is 1. The van der Waals surface area contributed by atoms with Gasteiger partial charge in [-0.25, -0.2) is 13.6 Å². The summed E-state index contributed by atoms with van der Waals surface area (Å²) in [7, 11) is -2.29. The summed E-state index contributed by atoms with van der Waals surface area (Å²) in [6, 6.07) is 17.2. The first-order valence-corrected chi connectivity index (χ1v) is 13.6. The second-order valence-corrected chi connectivity index (χ2v) is 10.4. The van der Waals surface area contributed by atoms with E-state index in [9.17, 15) is 13.2 Å². The second-order valence-electron chi connectivity index (χ2n) is 8.82. The minimum Gasteiger partial charge on any atom is -0.490 e. The molecule has 1 aliphatic heterocycles. The number of anilines is 2. The zero-order valence-electron chi connectivity index (χ0n) is 21.1. The van der Waals surface area contributed by atoms with Crippen molar-refractivity contribution in [2.75, 3.05) is 43.6 Å². The molecule has 0 aliphatic carbocycles. The van der Waals surface area contributed by atoms with Crippen molar-refractivity contribution < 1.29 is 22.7 Å². The number of amides is 1. The van der Waals surface area contributed by atoms with Crippen molar-refractivity contribution in [3.8, 4) is 16.9 Å². The Morgan fingerprint density at radius 1 is 1.16 bits per heavy atom. The third-order valence-electron chi connectivity index (χ3n) is 6.27. The van der Waals surface area contributed by atoms with E-state index in [0.717, 1.165) is 11.3 Å². The Labute approximate surface area is 222 Å². The van der Waals surface area contributed by atoms with Gasteiger partial charge < -0.3 is 25.4 Å². The minimum absolute atomic E-state index is 0.0198. The van der Waals surface area contributed by atoms with Gasteiger partial charge in [-0.1, -0.05) is 24.3 Å². The van der Waals surface area contributed by atoms with Crippen LogP contribution in [0.2, 0.25) is 0 Å². The molecule has 0 fully saturated rings. The van der Waals surface area contributed by atoms with Crippen molar-refractivity contribution in [3.63, 3.8) is 0 Å². The standard InChI is InChI=1S/C27H31N5O5S/c1-36-14-12-31-22-9-6-20(27(28)29)16-19(22)8-11-26(33)32-13-15-37-24-17-18(7-10-23(24)32)21-4-2-3-5-25(21)38(30,34)35/h2-7,9-10,16-17,31H,8,11-15H2,1H3,(H3,28,29)(H2,30,34,35). The molecule has 3 aromatic carbocycles. The van der Waals surface area contributed by atoms with Gasteiger partial charge in [0.1, 0.15) is 18.2 Å². The average molecular weight is 538 g/mol. The molecular weight excluding hydrogens is 506 g/mol. The maximum absolute atomic E-state index is 13.3. The number of aryl methyl sites for hydroxylation is 1. The second kappa shape index (κ2) is 11.6. The summed E-state index contributed by atoms with van der Waals surface area (Å²) in [5, 5.41) is 16.5. The maximum atomic E-state index is 13.3. The molecule has 0 saturated carbocycles. The quantitative estimate of drug-likeness (QED) is 0.176. The molecular formula is C27H31N5O5S. The molecule has 1 amide bonds. The lowest BCUT2D eigenvalue weighted by molar-refractivity contribution is -0.118. The van der Waals surface area contributed by atoms with Crippen LogP contribution in [0.25, 0.3) is 11.1 Å². The normalized spacial score (nSPS) is 12.9. The molecule has 0 aromatic heterocycles. The van der Waals surface area contributed by atoms with Crippen LogP contribution in [0.4, 0.5) is 11.4 Å².